The summed E-state index contributed by atoms with van der Waals surface area (Å²) in [5.41, 5.74) is 1.78. The average Bonchev–Trinajstić information content (AvgIpc) is 2.67. The topological polar surface area (TPSA) is 130 Å². The second kappa shape index (κ2) is 8.81. The van der Waals surface area contributed by atoms with Crippen LogP contribution in [0.3, 0.4) is 0 Å². The van der Waals surface area contributed by atoms with Crippen LogP contribution in [0.25, 0.3) is 0 Å². The van der Waals surface area contributed by atoms with Crippen molar-refractivity contribution in [1.82, 2.24) is 10.0 Å². The molecule has 0 aliphatic carbocycles. The summed E-state index contributed by atoms with van der Waals surface area (Å²) in [5.74, 6) is -0.431. The molecule has 0 radical (unpaired) electrons. The summed E-state index contributed by atoms with van der Waals surface area (Å²) in [4.78, 5) is 23.0. The minimum atomic E-state index is -3.69. The Morgan fingerprint density at radius 1 is 1.14 bits per heavy atom. The predicted octanol–water partition coefficient (Wildman–Crippen LogP) is 1.96. The Morgan fingerprint density at radius 2 is 1.82 bits per heavy atom. The molecule has 0 aliphatic rings. The van der Waals surface area contributed by atoms with Gasteiger partial charge < -0.3 is 10.6 Å². The van der Waals surface area contributed by atoms with E-state index in [1.54, 1.807) is 38.1 Å². The van der Waals surface area contributed by atoms with E-state index in [1.165, 1.54) is 19.2 Å². The maximum absolute atomic E-state index is 12.4. The van der Waals surface area contributed by atoms with Crippen LogP contribution in [0.4, 0.5) is 11.4 Å². The molecule has 1 amide bonds. The molecule has 0 saturated carbocycles. The van der Waals surface area contributed by atoms with Crippen molar-refractivity contribution in [3.63, 3.8) is 0 Å². The monoisotopic (exact) mass is 406 g/mol. The Labute approximate surface area is 163 Å². The fraction of sp³-hybridized carbons (Fsp3) is 0.278. The third-order valence-corrected chi connectivity index (χ3v) is 5.81. The van der Waals surface area contributed by atoms with E-state index in [9.17, 15) is 23.3 Å². The minimum Gasteiger partial charge on any atom is -0.378 e. The van der Waals surface area contributed by atoms with Crippen LogP contribution >= 0.6 is 0 Å². The van der Waals surface area contributed by atoms with Crippen LogP contribution in [0.1, 0.15) is 21.5 Å². The second-order valence-corrected chi connectivity index (χ2v) is 7.94. The third kappa shape index (κ3) is 4.84. The van der Waals surface area contributed by atoms with Crippen LogP contribution in [0.2, 0.25) is 0 Å². The maximum Gasteiger partial charge on any atom is 0.292 e. The number of sulfonamides is 1. The van der Waals surface area contributed by atoms with E-state index >= 15 is 0 Å². The summed E-state index contributed by atoms with van der Waals surface area (Å²) in [6, 6.07) is 9.17. The summed E-state index contributed by atoms with van der Waals surface area (Å²) in [5, 5.41) is 16.6. The largest absolute Gasteiger partial charge is 0.378 e. The lowest BCUT2D eigenvalue weighted by Crippen LogP contribution is -2.29. The Morgan fingerprint density at radius 3 is 2.46 bits per heavy atom. The third-order valence-electron chi connectivity index (χ3n) is 4.27. The van der Waals surface area contributed by atoms with Crippen molar-refractivity contribution < 1.29 is 18.1 Å². The number of carbonyl (C=O) groups excluding carboxylic acids is 1. The molecule has 0 aromatic heterocycles. The molecule has 3 N–H and O–H groups in total. The summed E-state index contributed by atoms with van der Waals surface area (Å²) in [6.07, 6.45) is 0. The lowest BCUT2D eigenvalue weighted by atomic mass is 10.1. The highest BCUT2D eigenvalue weighted by molar-refractivity contribution is 7.89. The number of carbonyl (C=O) groups is 1. The van der Waals surface area contributed by atoms with Gasteiger partial charge >= 0.3 is 0 Å². The minimum absolute atomic E-state index is 0.0510. The summed E-state index contributed by atoms with van der Waals surface area (Å²) in [6.45, 7) is 3.88. The molecule has 9 nitrogen and oxygen atoms in total. The Balaban J connectivity index is 2.06. The zero-order valence-electron chi connectivity index (χ0n) is 15.8. The summed E-state index contributed by atoms with van der Waals surface area (Å²) < 4.78 is 26.5. The quantitative estimate of drug-likeness (QED) is 0.349. The van der Waals surface area contributed by atoms with Crippen molar-refractivity contribution in [2.75, 3.05) is 25.5 Å². The van der Waals surface area contributed by atoms with Gasteiger partial charge in [0.25, 0.3) is 11.6 Å². The smallest absolute Gasteiger partial charge is 0.292 e. The number of nitro groups is 1. The molecule has 28 heavy (non-hydrogen) atoms. The Hall–Kier alpha value is -2.98. The number of hydrogen-bond donors (Lipinski definition) is 3. The van der Waals surface area contributed by atoms with Crippen molar-refractivity contribution >= 4 is 27.3 Å². The number of hydrogen-bond acceptors (Lipinski definition) is 6. The Bertz CT molecular complexity index is 1010. The van der Waals surface area contributed by atoms with E-state index in [0.717, 1.165) is 0 Å². The molecule has 10 heteroatoms. The van der Waals surface area contributed by atoms with E-state index in [4.69, 9.17) is 0 Å². The number of para-hydroxylation sites is 2. The first kappa shape index (κ1) is 21.3. The van der Waals surface area contributed by atoms with Gasteiger partial charge in [0, 0.05) is 24.7 Å². The van der Waals surface area contributed by atoms with Crippen LogP contribution in [0.15, 0.2) is 41.3 Å². The summed E-state index contributed by atoms with van der Waals surface area (Å²) in [7, 11) is -2.38. The van der Waals surface area contributed by atoms with Gasteiger partial charge in [-0.15, -0.1) is 0 Å². The van der Waals surface area contributed by atoms with Gasteiger partial charge in [0.1, 0.15) is 5.69 Å². The predicted molar refractivity (Wildman–Crippen MR) is 106 cm³/mol. The van der Waals surface area contributed by atoms with Gasteiger partial charge in [-0.3, -0.25) is 14.9 Å². The van der Waals surface area contributed by atoms with Gasteiger partial charge in [-0.25, -0.2) is 13.1 Å². The molecule has 0 heterocycles. The number of amides is 1. The molecule has 0 fully saturated rings. The molecule has 2 rings (SSSR count). The number of nitro benzene ring substituents is 1. The lowest BCUT2D eigenvalue weighted by molar-refractivity contribution is -0.384. The molecule has 0 spiro atoms. The van der Waals surface area contributed by atoms with E-state index in [1.807, 2.05) is 0 Å². The van der Waals surface area contributed by atoms with Gasteiger partial charge in [0.05, 0.1) is 9.82 Å². The van der Waals surface area contributed by atoms with Gasteiger partial charge in [0.2, 0.25) is 10.0 Å². The van der Waals surface area contributed by atoms with Crippen molar-refractivity contribution in [3.8, 4) is 0 Å². The molecule has 2 aromatic rings. The molecular weight excluding hydrogens is 384 g/mol. The van der Waals surface area contributed by atoms with Crippen molar-refractivity contribution in [2.24, 2.45) is 0 Å². The van der Waals surface area contributed by atoms with Crippen molar-refractivity contribution in [2.45, 2.75) is 18.7 Å². The molecular formula is C18H22N4O5S. The van der Waals surface area contributed by atoms with Crippen LogP contribution in [0.5, 0.6) is 0 Å². The van der Waals surface area contributed by atoms with E-state index < -0.39 is 20.9 Å². The van der Waals surface area contributed by atoms with Crippen molar-refractivity contribution in [3.05, 3.63) is 63.2 Å². The van der Waals surface area contributed by atoms with E-state index in [0.29, 0.717) is 16.8 Å². The van der Waals surface area contributed by atoms with Crippen LogP contribution < -0.4 is 15.4 Å². The zero-order valence-corrected chi connectivity index (χ0v) is 16.6. The second-order valence-electron chi connectivity index (χ2n) is 6.08. The first-order valence-electron chi connectivity index (χ1n) is 8.47. The van der Waals surface area contributed by atoms with E-state index in [2.05, 4.69) is 15.4 Å². The summed E-state index contributed by atoms with van der Waals surface area (Å²) >= 11 is 0. The molecule has 0 unspecified atom stereocenters. The SMILES string of the molecule is CNS(=O)(=O)c1cc(C(=O)NCCNc2ccccc2[N+](=O)[O-])cc(C)c1C. The average molecular weight is 406 g/mol. The molecule has 0 bridgehead atoms. The highest BCUT2D eigenvalue weighted by Crippen LogP contribution is 2.23. The molecule has 0 atom stereocenters. The number of nitrogens with zero attached hydrogens (tertiary/aromatic N) is 1. The molecule has 0 saturated heterocycles. The highest BCUT2D eigenvalue weighted by atomic mass is 32.2. The number of rotatable bonds is 8. The Kier molecular flexibility index (Phi) is 6.71. The first-order valence-corrected chi connectivity index (χ1v) is 9.96. The van der Waals surface area contributed by atoms with Gasteiger partial charge in [-0.05, 0) is 50.2 Å². The first-order chi connectivity index (χ1) is 13.2. The number of aryl methyl sites for hydroxylation is 1. The molecule has 0 aliphatic heterocycles. The normalized spacial score (nSPS) is 11.1. The lowest BCUT2D eigenvalue weighted by Gasteiger charge is -2.13. The molecule has 150 valence electrons. The molecule has 2 aromatic carbocycles. The van der Waals surface area contributed by atoms with Crippen LogP contribution in [-0.2, 0) is 10.0 Å². The number of benzene rings is 2. The van der Waals surface area contributed by atoms with Crippen molar-refractivity contribution in [1.29, 1.82) is 0 Å². The highest BCUT2D eigenvalue weighted by Gasteiger charge is 2.19. The number of anilines is 1. The van der Waals surface area contributed by atoms with Gasteiger partial charge in [-0.1, -0.05) is 12.1 Å². The fourth-order valence-electron chi connectivity index (χ4n) is 2.60. The maximum atomic E-state index is 12.4. The van der Waals surface area contributed by atoms with E-state index in [-0.39, 0.29) is 29.2 Å². The number of nitrogens with one attached hydrogen (secondary N) is 3. The van der Waals surface area contributed by atoms with Gasteiger partial charge in [-0.2, -0.15) is 0 Å². The van der Waals surface area contributed by atoms with Crippen LogP contribution in [0, 0.1) is 24.0 Å². The standard InChI is InChI=1S/C18H22N4O5S/c1-12-10-14(11-17(13(12)2)28(26,27)19-3)18(23)21-9-8-20-15-6-4-5-7-16(15)22(24)25/h4-7,10-11,19-20H,8-9H2,1-3H3,(H,21,23). The fourth-order valence-corrected chi connectivity index (χ4v) is 3.67. The van der Waals surface area contributed by atoms with Crippen LogP contribution in [-0.4, -0.2) is 39.4 Å². The van der Waals surface area contributed by atoms with Gasteiger partial charge in [0.15, 0.2) is 0 Å². The zero-order chi connectivity index (χ0) is 20.9.